The summed E-state index contributed by atoms with van der Waals surface area (Å²) in [7, 11) is 0. The molecule has 1 aromatic heterocycles. The summed E-state index contributed by atoms with van der Waals surface area (Å²) in [5.41, 5.74) is 1.26. The average Bonchev–Trinajstić information content (AvgIpc) is 3.16. The Labute approximate surface area is 163 Å². The van der Waals surface area contributed by atoms with Crippen molar-refractivity contribution < 1.29 is 9.18 Å². The van der Waals surface area contributed by atoms with E-state index in [9.17, 15) is 9.18 Å². The Balaban J connectivity index is 1.54. The second kappa shape index (κ2) is 6.59. The van der Waals surface area contributed by atoms with Crippen molar-refractivity contribution in [3.8, 4) is 0 Å². The largest absolute Gasteiger partial charge is 0.333 e. The van der Waals surface area contributed by atoms with Crippen LogP contribution in [0.15, 0.2) is 24.4 Å². The van der Waals surface area contributed by atoms with E-state index >= 15 is 0 Å². The van der Waals surface area contributed by atoms with E-state index in [1.165, 1.54) is 12.1 Å². The van der Waals surface area contributed by atoms with Crippen LogP contribution in [0.2, 0.25) is 5.02 Å². The molecule has 0 aliphatic carbocycles. The fourth-order valence-electron chi connectivity index (χ4n) is 4.32. The minimum atomic E-state index is -0.481. The molecule has 2 aliphatic rings. The topological polar surface area (TPSA) is 51.0 Å². The number of rotatable bonds is 2. The van der Waals surface area contributed by atoms with Crippen LogP contribution in [0.4, 0.5) is 4.39 Å². The van der Waals surface area contributed by atoms with Gasteiger partial charge < -0.3 is 4.90 Å². The van der Waals surface area contributed by atoms with Crippen molar-refractivity contribution in [2.45, 2.75) is 70.0 Å². The average molecular weight is 391 g/mol. The van der Waals surface area contributed by atoms with Gasteiger partial charge in [0, 0.05) is 34.3 Å². The maximum absolute atomic E-state index is 13.7. The zero-order valence-electron chi connectivity index (χ0n) is 15.8. The summed E-state index contributed by atoms with van der Waals surface area (Å²) in [6.07, 6.45) is 5.66. The predicted molar refractivity (Wildman–Crippen MR) is 101 cm³/mol. The maximum Gasteiger partial charge on any atom is 0.254 e. The van der Waals surface area contributed by atoms with Crippen LogP contribution in [0.1, 0.15) is 68.5 Å². The van der Waals surface area contributed by atoms with Gasteiger partial charge in [0.05, 0.1) is 11.7 Å². The summed E-state index contributed by atoms with van der Waals surface area (Å²) in [5.74, 6) is -0.610. The van der Waals surface area contributed by atoms with Gasteiger partial charge in [0.15, 0.2) is 0 Å². The lowest BCUT2D eigenvalue weighted by Gasteiger charge is -2.39. The van der Waals surface area contributed by atoms with Gasteiger partial charge in [0.2, 0.25) is 0 Å². The van der Waals surface area contributed by atoms with Gasteiger partial charge in [-0.25, -0.2) is 9.07 Å². The van der Waals surface area contributed by atoms with Crippen molar-refractivity contribution in [1.82, 2.24) is 19.9 Å². The molecule has 27 heavy (non-hydrogen) atoms. The van der Waals surface area contributed by atoms with Crippen molar-refractivity contribution in [3.63, 3.8) is 0 Å². The van der Waals surface area contributed by atoms with E-state index < -0.39 is 5.82 Å². The zero-order chi connectivity index (χ0) is 19.3. The highest BCUT2D eigenvalue weighted by Gasteiger charge is 2.44. The molecule has 2 aromatic rings. The van der Waals surface area contributed by atoms with Crippen LogP contribution < -0.4 is 0 Å². The van der Waals surface area contributed by atoms with Crippen molar-refractivity contribution in [2.24, 2.45) is 0 Å². The SMILES string of the molecule is CC(C)(C)c1cn(C2CC3CCC(C2)N3C(=O)c2cc(F)cc(Cl)c2)nn1. The van der Waals surface area contributed by atoms with Gasteiger partial charge >= 0.3 is 0 Å². The standard InChI is InChI=1S/C20H24ClFN4O/c1-20(2,3)18-11-25(24-23-18)17-9-15-4-5-16(10-17)26(15)19(27)12-6-13(21)8-14(22)7-12/h6-8,11,15-17H,4-5,9-10H2,1-3H3. The van der Waals surface area contributed by atoms with Gasteiger partial charge in [-0.1, -0.05) is 37.6 Å². The molecular formula is C20H24ClFN4O. The van der Waals surface area contributed by atoms with Crippen molar-refractivity contribution in [2.75, 3.05) is 0 Å². The van der Waals surface area contributed by atoms with Gasteiger partial charge in [-0.15, -0.1) is 5.10 Å². The van der Waals surface area contributed by atoms with Crippen LogP contribution in [0.25, 0.3) is 0 Å². The highest BCUT2D eigenvalue weighted by atomic mass is 35.5. The molecule has 2 atom stereocenters. The molecule has 2 fully saturated rings. The molecule has 1 amide bonds. The molecular weight excluding hydrogens is 367 g/mol. The summed E-state index contributed by atoms with van der Waals surface area (Å²) in [6, 6.07) is 4.57. The molecule has 0 N–H and O–H groups in total. The third-order valence-electron chi connectivity index (χ3n) is 5.71. The fraction of sp³-hybridized carbons (Fsp3) is 0.550. The Bertz CT molecular complexity index is 841. The predicted octanol–water partition coefficient (Wildman–Crippen LogP) is 4.38. The van der Waals surface area contributed by atoms with Gasteiger partial charge in [-0.2, -0.15) is 0 Å². The van der Waals surface area contributed by atoms with E-state index in [0.29, 0.717) is 5.56 Å². The van der Waals surface area contributed by atoms with E-state index in [4.69, 9.17) is 11.6 Å². The van der Waals surface area contributed by atoms with Crippen LogP contribution in [-0.4, -0.2) is 37.9 Å². The van der Waals surface area contributed by atoms with Crippen LogP contribution in [0.3, 0.4) is 0 Å². The molecule has 2 saturated heterocycles. The number of fused-ring (bicyclic) bond motifs is 2. The molecule has 4 rings (SSSR count). The summed E-state index contributed by atoms with van der Waals surface area (Å²) in [5, 5.41) is 8.93. The first-order chi connectivity index (χ1) is 12.7. The summed E-state index contributed by atoms with van der Waals surface area (Å²) in [4.78, 5) is 14.9. The Hall–Kier alpha value is -1.95. The van der Waals surface area contributed by atoms with Crippen molar-refractivity contribution in [1.29, 1.82) is 0 Å². The highest BCUT2D eigenvalue weighted by Crippen LogP contribution is 2.41. The fourth-order valence-corrected chi connectivity index (χ4v) is 4.54. The molecule has 2 bridgehead atoms. The lowest BCUT2D eigenvalue weighted by atomic mass is 9.92. The number of aromatic nitrogens is 3. The third kappa shape index (κ3) is 3.47. The van der Waals surface area contributed by atoms with Crippen LogP contribution in [0, 0.1) is 5.82 Å². The van der Waals surface area contributed by atoms with E-state index in [2.05, 4.69) is 31.1 Å². The quantitative estimate of drug-likeness (QED) is 0.764. The Morgan fingerprint density at radius 1 is 1.15 bits per heavy atom. The van der Waals surface area contributed by atoms with Gasteiger partial charge in [0.1, 0.15) is 5.82 Å². The number of hydrogen-bond acceptors (Lipinski definition) is 3. The monoisotopic (exact) mass is 390 g/mol. The zero-order valence-corrected chi connectivity index (χ0v) is 16.6. The molecule has 2 unspecified atom stereocenters. The lowest BCUT2D eigenvalue weighted by Crippen LogP contribution is -2.47. The summed E-state index contributed by atoms with van der Waals surface area (Å²) >= 11 is 5.93. The molecule has 144 valence electrons. The van der Waals surface area contributed by atoms with E-state index in [1.54, 1.807) is 6.07 Å². The second-order valence-electron chi connectivity index (χ2n) is 8.71. The first-order valence-corrected chi connectivity index (χ1v) is 9.81. The van der Waals surface area contributed by atoms with Crippen LogP contribution in [0.5, 0.6) is 0 Å². The summed E-state index contributed by atoms with van der Waals surface area (Å²) in [6.45, 7) is 6.36. The molecule has 5 nitrogen and oxygen atoms in total. The number of amides is 1. The van der Waals surface area contributed by atoms with Gasteiger partial charge in [0.25, 0.3) is 5.91 Å². The number of piperidine rings is 1. The minimum Gasteiger partial charge on any atom is -0.333 e. The third-order valence-corrected chi connectivity index (χ3v) is 5.92. The number of carbonyl (C=O) groups is 1. The summed E-state index contributed by atoms with van der Waals surface area (Å²) < 4.78 is 15.6. The van der Waals surface area contributed by atoms with Gasteiger partial charge in [-0.3, -0.25) is 4.79 Å². The molecule has 0 spiro atoms. The smallest absolute Gasteiger partial charge is 0.254 e. The van der Waals surface area contributed by atoms with E-state index in [-0.39, 0.29) is 34.5 Å². The Kier molecular flexibility index (Phi) is 4.49. The molecule has 2 aliphatic heterocycles. The molecule has 0 radical (unpaired) electrons. The first kappa shape index (κ1) is 18.4. The Morgan fingerprint density at radius 3 is 2.37 bits per heavy atom. The number of nitrogens with zero attached hydrogens (tertiary/aromatic N) is 4. The second-order valence-corrected chi connectivity index (χ2v) is 9.15. The van der Waals surface area contributed by atoms with E-state index in [0.717, 1.165) is 31.4 Å². The van der Waals surface area contributed by atoms with Crippen LogP contribution in [-0.2, 0) is 5.41 Å². The van der Waals surface area contributed by atoms with Gasteiger partial charge in [-0.05, 0) is 43.9 Å². The maximum atomic E-state index is 13.7. The van der Waals surface area contributed by atoms with Crippen molar-refractivity contribution in [3.05, 3.63) is 46.5 Å². The molecule has 0 saturated carbocycles. The minimum absolute atomic E-state index is 0.0372. The molecule has 1 aromatic carbocycles. The lowest BCUT2D eigenvalue weighted by molar-refractivity contribution is 0.0522. The number of hydrogen-bond donors (Lipinski definition) is 0. The molecule has 3 heterocycles. The first-order valence-electron chi connectivity index (χ1n) is 9.43. The van der Waals surface area contributed by atoms with Crippen molar-refractivity contribution >= 4 is 17.5 Å². The highest BCUT2D eigenvalue weighted by molar-refractivity contribution is 6.31. The number of carbonyl (C=O) groups excluding carboxylic acids is 1. The van der Waals surface area contributed by atoms with E-state index in [1.807, 2.05) is 15.8 Å². The Morgan fingerprint density at radius 2 is 1.81 bits per heavy atom. The normalized spacial score (nSPS) is 25.1. The van der Waals surface area contributed by atoms with Crippen LogP contribution >= 0.6 is 11.6 Å². The number of halogens is 2. The number of benzene rings is 1. The molecule has 7 heteroatoms.